The Labute approximate surface area is 157 Å². The number of rotatable bonds is 6. The molecule has 3 aromatic rings. The molecule has 0 aliphatic carbocycles. The molecule has 0 aliphatic rings. The van der Waals surface area contributed by atoms with E-state index in [1.54, 1.807) is 29.9 Å². The van der Waals surface area contributed by atoms with Crippen LogP contribution in [0.25, 0.3) is 0 Å². The van der Waals surface area contributed by atoms with Crippen LogP contribution in [-0.2, 0) is 13.2 Å². The lowest BCUT2D eigenvalue weighted by molar-refractivity contribution is 0.0951. The number of benzene rings is 1. The number of carbonyl (C=O) groups excluding carboxylic acids is 1. The molecular formula is C20H21N3O2S. The second-order valence-electron chi connectivity index (χ2n) is 6.12. The van der Waals surface area contributed by atoms with Crippen LogP contribution >= 0.6 is 11.3 Å². The van der Waals surface area contributed by atoms with Crippen molar-refractivity contribution in [1.29, 1.82) is 0 Å². The zero-order valence-corrected chi connectivity index (χ0v) is 15.9. The van der Waals surface area contributed by atoms with Crippen LogP contribution in [0.15, 0.2) is 42.9 Å². The highest BCUT2D eigenvalue weighted by molar-refractivity contribution is 7.11. The molecule has 134 valence electrons. The number of aryl methyl sites for hydroxylation is 3. The fourth-order valence-corrected chi connectivity index (χ4v) is 3.44. The number of hydrogen-bond donors (Lipinski definition) is 1. The lowest BCUT2D eigenvalue weighted by atomic mass is 10.0. The van der Waals surface area contributed by atoms with Gasteiger partial charge in [-0.1, -0.05) is 6.07 Å². The van der Waals surface area contributed by atoms with Gasteiger partial charge in [0.1, 0.15) is 12.4 Å². The van der Waals surface area contributed by atoms with Gasteiger partial charge in [0, 0.05) is 34.6 Å². The smallest absolute Gasteiger partial charge is 0.251 e. The largest absolute Gasteiger partial charge is 0.488 e. The van der Waals surface area contributed by atoms with Gasteiger partial charge in [-0.05, 0) is 50.1 Å². The molecule has 5 nitrogen and oxygen atoms in total. The number of carbonyl (C=O) groups is 1. The summed E-state index contributed by atoms with van der Waals surface area (Å²) in [6, 6.07) is 7.58. The van der Waals surface area contributed by atoms with Crippen LogP contribution in [0.5, 0.6) is 5.75 Å². The molecule has 0 spiro atoms. The van der Waals surface area contributed by atoms with Crippen LogP contribution in [0.1, 0.15) is 36.9 Å². The topological polar surface area (TPSA) is 64.1 Å². The van der Waals surface area contributed by atoms with Crippen molar-refractivity contribution in [2.24, 2.45) is 0 Å². The third-order valence-electron chi connectivity index (χ3n) is 3.92. The Kier molecular flexibility index (Phi) is 5.63. The van der Waals surface area contributed by atoms with Crippen LogP contribution in [0.2, 0.25) is 0 Å². The molecule has 1 N–H and O–H groups in total. The maximum absolute atomic E-state index is 12.4. The first kappa shape index (κ1) is 18.1. The summed E-state index contributed by atoms with van der Waals surface area (Å²) in [5.41, 5.74) is 3.52. The first-order chi connectivity index (χ1) is 12.5. The van der Waals surface area contributed by atoms with Gasteiger partial charge in [-0.25, -0.2) is 4.98 Å². The van der Waals surface area contributed by atoms with Crippen molar-refractivity contribution < 1.29 is 9.53 Å². The molecule has 2 aromatic heterocycles. The average molecular weight is 367 g/mol. The van der Waals surface area contributed by atoms with Crippen molar-refractivity contribution in [3.8, 4) is 5.75 Å². The highest BCUT2D eigenvalue weighted by Gasteiger charge is 2.12. The highest BCUT2D eigenvalue weighted by atomic mass is 32.1. The molecule has 26 heavy (non-hydrogen) atoms. The van der Waals surface area contributed by atoms with Crippen molar-refractivity contribution >= 4 is 17.2 Å². The summed E-state index contributed by atoms with van der Waals surface area (Å²) in [5, 5.41) is 3.94. The fourth-order valence-electron chi connectivity index (χ4n) is 2.70. The van der Waals surface area contributed by atoms with E-state index < -0.39 is 0 Å². The van der Waals surface area contributed by atoms with Gasteiger partial charge in [-0.2, -0.15) is 0 Å². The van der Waals surface area contributed by atoms with Gasteiger partial charge >= 0.3 is 0 Å². The zero-order valence-electron chi connectivity index (χ0n) is 15.1. The maximum Gasteiger partial charge on any atom is 0.251 e. The van der Waals surface area contributed by atoms with Gasteiger partial charge in [0.25, 0.3) is 5.91 Å². The van der Waals surface area contributed by atoms with Crippen LogP contribution in [0.3, 0.4) is 0 Å². The van der Waals surface area contributed by atoms with Gasteiger partial charge in [0.2, 0.25) is 0 Å². The lowest BCUT2D eigenvalue weighted by Gasteiger charge is -2.14. The molecule has 1 aromatic carbocycles. The van der Waals surface area contributed by atoms with E-state index in [0.717, 1.165) is 32.3 Å². The van der Waals surface area contributed by atoms with Gasteiger partial charge in [0.05, 0.1) is 11.6 Å². The number of hydrogen-bond acceptors (Lipinski definition) is 5. The minimum atomic E-state index is -0.0962. The summed E-state index contributed by atoms with van der Waals surface area (Å²) in [6.07, 6.45) is 5.32. The minimum absolute atomic E-state index is 0.0962. The van der Waals surface area contributed by atoms with E-state index in [1.165, 1.54) is 0 Å². The van der Waals surface area contributed by atoms with E-state index in [2.05, 4.69) is 15.3 Å². The van der Waals surface area contributed by atoms with Crippen molar-refractivity contribution in [2.75, 3.05) is 0 Å². The molecule has 2 heterocycles. The Morgan fingerprint density at radius 1 is 1.19 bits per heavy atom. The molecular weight excluding hydrogens is 346 g/mol. The molecule has 0 atom stereocenters. The van der Waals surface area contributed by atoms with Crippen LogP contribution in [0, 0.1) is 20.8 Å². The molecule has 0 unspecified atom stereocenters. The number of nitrogens with one attached hydrogen (secondary N) is 1. The van der Waals surface area contributed by atoms with Crippen molar-refractivity contribution in [1.82, 2.24) is 15.3 Å². The van der Waals surface area contributed by atoms with Crippen molar-refractivity contribution in [3.05, 3.63) is 75.0 Å². The molecule has 0 saturated heterocycles. The Hall–Kier alpha value is -2.73. The third-order valence-corrected chi connectivity index (χ3v) is 4.83. The first-order valence-corrected chi connectivity index (χ1v) is 9.17. The van der Waals surface area contributed by atoms with Crippen LogP contribution < -0.4 is 10.1 Å². The average Bonchev–Trinajstić information content (AvgIpc) is 3.05. The molecule has 0 fully saturated rings. The number of nitrogens with zero attached hydrogens (tertiary/aromatic N) is 2. The number of amides is 1. The molecule has 0 radical (unpaired) electrons. The molecule has 1 amide bonds. The Bertz CT molecular complexity index is 883. The summed E-state index contributed by atoms with van der Waals surface area (Å²) in [7, 11) is 0. The Balaban J connectivity index is 1.66. The van der Waals surface area contributed by atoms with E-state index in [1.807, 2.05) is 45.0 Å². The molecule has 0 saturated carbocycles. The third kappa shape index (κ3) is 4.46. The van der Waals surface area contributed by atoms with E-state index in [9.17, 15) is 4.79 Å². The second kappa shape index (κ2) is 8.10. The second-order valence-corrected chi connectivity index (χ2v) is 7.44. The van der Waals surface area contributed by atoms with Gasteiger partial charge in [0.15, 0.2) is 0 Å². The van der Waals surface area contributed by atoms with Crippen LogP contribution in [-0.4, -0.2) is 15.9 Å². The number of aromatic nitrogens is 2. The van der Waals surface area contributed by atoms with Crippen molar-refractivity contribution in [2.45, 2.75) is 33.9 Å². The van der Waals surface area contributed by atoms with Gasteiger partial charge in [-0.3, -0.25) is 9.78 Å². The van der Waals surface area contributed by atoms with E-state index >= 15 is 0 Å². The maximum atomic E-state index is 12.4. The number of ether oxygens (including phenoxy) is 1. The zero-order chi connectivity index (χ0) is 18.5. The summed E-state index contributed by atoms with van der Waals surface area (Å²) in [6.45, 7) is 6.80. The highest BCUT2D eigenvalue weighted by Crippen LogP contribution is 2.26. The summed E-state index contributed by atoms with van der Waals surface area (Å²) in [4.78, 5) is 21.8. The van der Waals surface area contributed by atoms with Gasteiger partial charge in [-0.15, -0.1) is 11.3 Å². The molecule has 6 heteroatoms. The summed E-state index contributed by atoms with van der Waals surface area (Å²) in [5.74, 6) is 0.713. The van der Waals surface area contributed by atoms with E-state index in [4.69, 9.17) is 4.74 Å². The summed E-state index contributed by atoms with van der Waals surface area (Å²) < 4.78 is 5.94. The standard InChI is InChI=1S/C20H21N3O2S/c1-13-7-17(20(24)23-11-18-10-22-15(3)26-18)8-14(2)19(13)25-12-16-5-4-6-21-9-16/h4-10H,11-12H2,1-3H3,(H,23,24). The minimum Gasteiger partial charge on any atom is -0.488 e. The first-order valence-electron chi connectivity index (χ1n) is 8.35. The number of pyridine rings is 1. The summed E-state index contributed by atoms with van der Waals surface area (Å²) >= 11 is 1.59. The molecule has 3 rings (SSSR count). The molecule has 0 bridgehead atoms. The monoisotopic (exact) mass is 367 g/mol. The van der Waals surface area contributed by atoms with E-state index in [0.29, 0.717) is 18.7 Å². The predicted octanol–water partition coefficient (Wildman–Crippen LogP) is 3.97. The molecule has 0 aliphatic heterocycles. The number of thiazole rings is 1. The predicted molar refractivity (Wildman–Crippen MR) is 103 cm³/mol. The normalized spacial score (nSPS) is 10.6. The van der Waals surface area contributed by atoms with Crippen LogP contribution in [0.4, 0.5) is 0 Å². The quantitative estimate of drug-likeness (QED) is 0.716. The van der Waals surface area contributed by atoms with Gasteiger partial charge < -0.3 is 10.1 Å². The Morgan fingerprint density at radius 2 is 1.96 bits per heavy atom. The Morgan fingerprint density at radius 3 is 2.58 bits per heavy atom. The lowest BCUT2D eigenvalue weighted by Crippen LogP contribution is -2.22. The van der Waals surface area contributed by atoms with E-state index in [-0.39, 0.29) is 5.91 Å². The van der Waals surface area contributed by atoms with Crippen molar-refractivity contribution in [3.63, 3.8) is 0 Å². The SMILES string of the molecule is Cc1ncc(CNC(=O)c2cc(C)c(OCc3cccnc3)c(C)c2)s1. The fraction of sp³-hybridized carbons (Fsp3) is 0.250.